The van der Waals surface area contributed by atoms with E-state index in [4.69, 9.17) is 0 Å². The molecule has 8 heteroatoms. The quantitative estimate of drug-likeness (QED) is 0.361. The molecule has 8 nitrogen and oxygen atoms in total. The highest BCUT2D eigenvalue weighted by Gasteiger charge is 2.22. The molecule has 2 N–H and O–H groups in total. The number of carbonyl (C=O) groups excluding carboxylic acids is 3. The standard InChI is InChI=1S/C12H17N3O5/c1-19-12(18)10(5-9-6-13-7-14-9)15-11(17)3-2-4-20-8-16/h6-8,10H,2-5H2,1H3,(H,13,14)(H,15,17). The molecule has 0 saturated carbocycles. The molecule has 1 amide bonds. The number of carbonyl (C=O) groups is 3. The monoisotopic (exact) mass is 283 g/mol. The van der Waals surface area contributed by atoms with Gasteiger partial charge in [0.05, 0.1) is 20.0 Å². The van der Waals surface area contributed by atoms with Crippen molar-refractivity contribution in [2.75, 3.05) is 13.7 Å². The van der Waals surface area contributed by atoms with E-state index >= 15 is 0 Å². The summed E-state index contributed by atoms with van der Waals surface area (Å²) in [7, 11) is 1.26. The third-order valence-electron chi connectivity index (χ3n) is 2.53. The highest BCUT2D eigenvalue weighted by molar-refractivity contribution is 5.84. The molecule has 20 heavy (non-hydrogen) atoms. The van der Waals surface area contributed by atoms with Gasteiger partial charge in [-0.05, 0) is 6.42 Å². The first-order valence-electron chi connectivity index (χ1n) is 6.07. The van der Waals surface area contributed by atoms with E-state index in [0.29, 0.717) is 18.6 Å². The first-order valence-corrected chi connectivity index (χ1v) is 6.07. The van der Waals surface area contributed by atoms with Gasteiger partial charge in [0.25, 0.3) is 6.47 Å². The smallest absolute Gasteiger partial charge is 0.328 e. The third kappa shape index (κ3) is 5.51. The molecule has 1 atom stereocenters. The number of rotatable bonds is 9. The number of methoxy groups -OCH3 is 1. The number of imidazole rings is 1. The van der Waals surface area contributed by atoms with Crippen molar-refractivity contribution in [1.29, 1.82) is 0 Å². The molecule has 0 aromatic carbocycles. The Balaban J connectivity index is 2.45. The molecular weight excluding hydrogens is 266 g/mol. The predicted octanol–water partition coefficient (Wildman–Crippen LogP) is -0.437. The number of esters is 1. The number of ether oxygens (including phenoxy) is 2. The largest absolute Gasteiger partial charge is 0.468 e. The normalized spacial score (nSPS) is 11.4. The fraction of sp³-hybridized carbons (Fsp3) is 0.500. The number of nitrogens with zero attached hydrogens (tertiary/aromatic N) is 1. The Hall–Kier alpha value is -2.38. The Morgan fingerprint density at radius 1 is 1.55 bits per heavy atom. The Bertz CT molecular complexity index is 432. The lowest BCUT2D eigenvalue weighted by Crippen LogP contribution is -2.43. The van der Waals surface area contributed by atoms with Crippen molar-refractivity contribution in [3.05, 3.63) is 18.2 Å². The van der Waals surface area contributed by atoms with Crippen molar-refractivity contribution in [3.63, 3.8) is 0 Å². The van der Waals surface area contributed by atoms with Crippen molar-refractivity contribution in [2.45, 2.75) is 25.3 Å². The average Bonchev–Trinajstić information content (AvgIpc) is 2.95. The van der Waals surface area contributed by atoms with Gasteiger partial charge >= 0.3 is 5.97 Å². The number of aromatic amines is 1. The van der Waals surface area contributed by atoms with Gasteiger partial charge in [-0.25, -0.2) is 9.78 Å². The van der Waals surface area contributed by atoms with Crippen LogP contribution in [0.1, 0.15) is 18.5 Å². The van der Waals surface area contributed by atoms with Crippen LogP contribution in [0.4, 0.5) is 0 Å². The van der Waals surface area contributed by atoms with Crippen molar-refractivity contribution >= 4 is 18.3 Å². The fourth-order valence-corrected chi connectivity index (χ4v) is 1.58. The summed E-state index contributed by atoms with van der Waals surface area (Å²) in [4.78, 5) is 39.9. The summed E-state index contributed by atoms with van der Waals surface area (Å²) in [6.45, 7) is 0.494. The van der Waals surface area contributed by atoms with E-state index in [0.717, 1.165) is 0 Å². The highest BCUT2D eigenvalue weighted by Crippen LogP contribution is 2.01. The van der Waals surface area contributed by atoms with Gasteiger partial charge in [-0.2, -0.15) is 0 Å². The maximum atomic E-state index is 11.7. The number of nitrogens with one attached hydrogen (secondary N) is 2. The molecule has 1 heterocycles. The van der Waals surface area contributed by atoms with Gasteiger partial charge in [0.1, 0.15) is 6.04 Å². The molecule has 0 aliphatic rings. The van der Waals surface area contributed by atoms with E-state index < -0.39 is 12.0 Å². The van der Waals surface area contributed by atoms with Crippen molar-refractivity contribution in [1.82, 2.24) is 15.3 Å². The van der Waals surface area contributed by atoms with Crippen LogP contribution in [0.5, 0.6) is 0 Å². The maximum Gasteiger partial charge on any atom is 0.328 e. The van der Waals surface area contributed by atoms with Crippen molar-refractivity contribution in [3.8, 4) is 0 Å². The Morgan fingerprint density at radius 2 is 2.35 bits per heavy atom. The summed E-state index contributed by atoms with van der Waals surface area (Å²) in [5.41, 5.74) is 0.713. The molecule has 0 aliphatic heterocycles. The van der Waals surface area contributed by atoms with Crippen LogP contribution in [0.15, 0.2) is 12.5 Å². The molecule has 0 fully saturated rings. The van der Waals surface area contributed by atoms with E-state index in [1.165, 1.54) is 13.4 Å². The zero-order valence-corrected chi connectivity index (χ0v) is 11.1. The second kappa shape index (κ2) is 8.68. The minimum atomic E-state index is -0.778. The number of hydrogen-bond donors (Lipinski definition) is 2. The lowest BCUT2D eigenvalue weighted by atomic mass is 10.1. The van der Waals surface area contributed by atoms with Gasteiger partial charge in [-0.1, -0.05) is 0 Å². The molecule has 0 spiro atoms. The van der Waals surface area contributed by atoms with E-state index in [1.54, 1.807) is 6.20 Å². The second-order valence-corrected chi connectivity index (χ2v) is 3.99. The van der Waals surface area contributed by atoms with E-state index in [9.17, 15) is 14.4 Å². The number of hydrogen-bond acceptors (Lipinski definition) is 6. The first-order chi connectivity index (χ1) is 9.67. The molecule has 0 aliphatic carbocycles. The Morgan fingerprint density at radius 3 is 2.95 bits per heavy atom. The van der Waals surface area contributed by atoms with Crippen molar-refractivity contribution in [2.24, 2.45) is 0 Å². The number of amides is 1. The van der Waals surface area contributed by atoms with Crippen LogP contribution >= 0.6 is 0 Å². The zero-order valence-electron chi connectivity index (χ0n) is 11.1. The molecule has 0 radical (unpaired) electrons. The molecule has 1 aromatic heterocycles. The summed E-state index contributed by atoms with van der Waals surface area (Å²) in [6.07, 6.45) is 3.87. The van der Waals surface area contributed by atoms with Gasteiger partial charge in [-0.3, -0.25) is 9.59 Å². The van der Waals surface area contributed by atoms with Crippen LogP contribution in [0.25, 0.3) is 0 Å². The molecule has 1 unspecified atom stereocenters. The Kier molecular flexibility index (Phi) is 6.80. The summed E-state index contributed by atoms with van der Waals surface area (Å²) < 4.78 is 9.12. The average molecular weight is 283 g/mol. The zero-order chi connectivity index (χ0) is 14.8. The van der Waals surface area contributed by atoms with Crippen LogP contribution in [0, 0.1) is 0 Å². The van der Waals surface area contributed by atoms with Crippen LogP contribution in [0.3, 0.4) is 0 Å². The molecule has 0 saturated heterocycles. The number of aromatic nitrogens is 2. The van der Waals surface area contributed by atoms with Gasteiger partial charge in [0.15, 0.2) is 0 Å². The second-order valence-electron chi connectivity index (χ2n) is 3.99. The van der Waals surface area contributed by atoms with Gasteiger partial charge in [0.2, 0.25) is 5.91 Å². The summed E-state index contributed by atoms with van der Waals surface area (Å²) >= 11 is 0. The molecule has 1 aromatic rings. The molecular formula is C12H17N3O5. The van der Waals surface area contributed by atoms with E-state index in [1.807, 2.05) is 0 Å². The molecule has 110 valence electrons. The van der Waals surface area contributed by atoms with E-state index in [2.05, 4.69) is 24.8 Å². The van der Waals surface area contributed by atoms with Gasteiger partial charge < -0.3 is 19.8 Å². The molecule has 0 bridgehead atoms. The lowest BCUT2D eigenvalue weighted by Gasteiger charge is -2.15. The van der Waals surface area contributed by atoms with Gasteiger partial charge in [-0.15, -0.1) is 0 Å². The van der Waals surface area contributed by atoms with Crippen LogP contribution in [-0.4, -0.2) is 48.1 Å². The molecule has 1 rings (SSSR count). The summed E-state index contributed by atoms with van der Waals surface area (Å²) in [5.74, 6) is -0.841. The summed E-state index contributed by atoms with van der Waals surface area (Å²) in [6, 6.07) is -0.778. The van der Waals surface area contributed by atoms with Crippen LogP contribution < -0.4 is 5.32 Å². The first kappa shape index (κ1) is 15.7. The maximum absolute atomic E-state index is 11.7. The SMILES string of the molecule is COC(=O)C(Cc1cnc[nH]1)NC(=O)CCCOC=O. The highest BCUT2D eigenvalue weighted by atomic mass is 16.5. The van der Waals surface area contributed by atoms with E-state index in [-0.39, 0.29) is 25.4 Å². The van der Waals surface area contributed by atoms with Crippen LogP contribution in [-0.2, 0) is 30.3 Å². The summed E-state index contributed by atoms with van der Waals surface area (Å²) in [5, 5.41) is 2.58. The predicted molar refractivity (Wildman–Crippen MR) is 67.5 cm³/mol. The third-order valence-corrected chi connectivity index (χ3v) is 2.53. The fourth-order valence-electron chi connectivity index (χ4n) is 1.58. The Labute approximate surface area is 115 Å². The topological polar surface area (TPSA) is 110 Å². The minimum Gasteiger partial charge on any atom is -0.468 e. The minimum absolute atomic E-state index is 0.157. The number of H-pyrrole nitrogens is 1. The lowest BCUT2D eigenvalue weighted by molar-refractivity contribution is -0.145. The van der Waals surface area contributed by atoms with Crippen molar-refractivity contribution < 1.29 is 23.9 Å². The van der Waals surface area contributed by atoms with Crippen LogP contribution in [0.2, 0.25) is 0 Å². The van der Waals surface area contributed by atoms with Gasteiger partial charge in [0, 0.05) is 24.7 Å².